The second kappa shape index (κ2) is 6.00. The number of rotatable bonds is 3. The van der Waals surface area contributed by atoms with Crippen molar-refractivity contribution >= 4 is 43.9 Å². The Morgan fingerprint density at radius 3 is 2.84 bits per heavy atom. The molecule has 126 valence electrons. The molecule has 0 aliphatic heterocycles. The van der Waals surface area contributed by atoms with Crippen LogP contribution in [0.1, 0.15) is 25.7 Å². The van der Waals surface area contributed by atoms with Gasteiger partial charge in [0.15, 0.2) is 4.96 Å². The summed E-state index contributed by atoms with van der Waals surface area (Å²) < 4.78 is 3.48. The van der Waals surface area contributed by atoms with Crippen LogP contribution in [0.3, 0.4) is 0 Å². The zero-order valence-corrected chi connectivity index (χ0v) is 15.1. The maximum atomic E-state index is 6.42. The van der Waals surface area contributed by atoms with Crippen molar-refractivity contribution in [1.29, 1.82) is 0 Å². The molecule has 1 fully saturated rings. The number of hydrogen-bond acceptors (Lipinski definition) is 4. The Kier molecular flexibility index (Phi) is 3.64. The molecule has 0 saturated heterocycles. The molecule has 25 heavy (non-hydrogen) atoms. The lowest BCUT2D eigenvalue weighted by Gasteiger charge is -2.15. The van der Waals surface area contributed by atoms with Crippen LogP contribution in [0, 0.1) is 0 Å². The third kappa shape index (κ3) is 2.50. The van der Waals surface area contributed by atoms with E-state index in [1.165, 1.54) is 35.9 Å². The largest absolute Gasteiger partial charge is 0.367 e. The van der Waals surface area contributed by atoms with Crippen LogP contribution in [0.25, 0.3) is 26.4 Å². The van der Waals surface area contributed by atoms with E-state index in [4.69, 9.17) is 16.6 Å². The van der Waals surface area contributed by atoms with Gasteiger partial charge in [-0.3, -0.25) is 9.38 Å². The lowest BCUT2D eigenvalue weighted by Crippen LogP contribution is -2.16. The molecule has 1 N–H and O–H groups in total. The van der Waals surface area contributed by atoms with Gasteiger partial charge in [0, 0.05) is 24.0 Å². The van der Waals surface area contributed by atoms with E-state index in [0.29, 0.717) is 11.1 Å². The average Bonchev–Trinajstić information content (AvgIpc) is 3.32. The van der Waals surface area contributed by atoms with Gasteiger partial charge in [-0.2, -0.15) is 0 Å². The van der Waals surface area contributed by atoms with Crippen molar-refractivity contribution in [2.45, 2.75) is 31.7 Å². The van der Waals surface area contributed by atoms with E-state index in [-0.39, 0.29) is 0 Å². The molecular formula is C19H17ClN4S. The van der Waals surface area contributed by atoms with Crippen LogP contribution < -0.4 is 5.32 Å². The molecule has 0 bridgehead atoms. The number of aromatic nitrogens is 3. The Labute approximate surface area is 154 Å². The number of nitrogens with one attached hydrogen (secondary N) is 1. The van der Waals surface area contributed by atoms with E-state index < -0.39 is 0 Å². The second-order valence-electron chi connectivity index (χ2n) is 6.48. The molecule has 1 aliphatic carbocycles. The summed E-state index contributed by atoms with van der Waals surface area (Å²) in [6, 6.07) is 10.9. The summed E-state index contributed by atoms with van der Waals surface area (Å²) in [6.07, 6.45) is 8.44. The first-order valence-electron chi connectivity index (χ1n) is 8.57. The fourth-order valence-corrected chi connectivity index (χ4v) is 4.90. The predicted octanol–water partition coefficient (Wildman–Crippen LogP) is 5.62. The van der Waals surface area contributed by atoms with Crippen molar-refractivity contribution in [1.82, 2.24) is 14.4 Å². The van der Waals surface area contributed by atoms with E-state index in [9.17, 15) is 0 Å². The zero-order valence-electron chi connectivity index (χ0n) is 13.6. The van der Waals surface area contributed by atoms with Gasteiger partial charge in [0.25, 0.3) is 0 Å². The van der Waals surface area contributed by atoms with E-state index in [1.54, 1.807) is 23.7 Å². The van der Waals surface area contributed by atoms with Crippen molar-refractivity contribution in [2.75, 3.05) is 5.32 Å². The molecule has 3 heterocycles. The van der Waals surface area contributed by atoms with Gasteiger partial charge in [-0.15, -0.1) is 0 Å². The number of halogens is 1. The van der Waals surface area contributed by atoms with Crippen LogP contribution in [0.15, 0.2) is 42.7 Å². The number of benzene rings is 1. The van der Waals surface area contributed by atoms with Gasteiger partial charge in [0.1, 0.15) is 11.5 Å². The van der Waals surface area contributed by atoms with Crippen LogP contribution in [0.5, 0.6) is 0 Å². The van der Waals surface area contributed by atoms with E-state index >= 15 is 0 Å². The fraction of sp³-hybridized carbons (Fsp3) is 0.263. The van der Waals surface area contributed by atoms with Crippen molar-refractivity contribution < 1.29 is 0 Å². The number of para-hydroxylation sites is 1. The van der Waals surface area contributed by atoms with E-state index in [1.807, 2.05) is 6.07 Å². The number of pyridine rings is 1. The number of anilines is 1. The first kappa shape index (κ1) is 15.2. The van der Waals surface area contributed by atoms with Gasteiger partial charge < -0.3 is 5.32 Å². The summed E-state index contributed by atoms with van der Waals surface area (Å²) in [4.78, 5) is 10.0. The standard InChI is InChI=1S/C19H17ClN4S/c20-14-11-21-10-9-13(14)17-18(22-12-5-1-2-6-12)24-15-7-3-4-8-16(15)25-19(24)23-17/h3-4,7-12,22H,1-2,5-6H2. The Morgan fingerprint density at radius 1 is 1.16 bits per heavy atom. The molecule has 0 radical (unpaired) electrons. The highest BCUT2D eigenvalue weighted by Gasteiger charge is 2.23. The van der Waals surface area contributed by atoms with Gasteiger partial charge in [0.2, 0.25) is 0 Å². The number of nitrogens with zero attached hydrogens (tertiary/aromatic N) is 3. The minimum Gasteiger partial charge on any atom is -0.367 e. The maximum Gasteiger partial charge on any atom is 0.197 e. The number of hydrogen-bond donors (Lipinski definition) is 1. The lowest BCUT2D eigenvalue weighted by atomic mass is 10.2. The lowest BCUT2D eigenvalue weighted by molar-refractivity contribution is 0.750. The van der Waals surface area contributed by atoms with Crippen molar-refractivity contribution in [3.63, 3.8) is 0 Å². The Balaban J connectivity index is 1.77. The average molecular weight is 369 g/mol. The topological polar surface area (TPSA) is 42.2 Å². The number of thiazole rings is 1. The van der Waals surface area contributed by atoms with Gasteiger partial charge in [0.05, 0.1) is 15.2 Å². The third-order valence-electron chi connectivity index (χ3n) is 4.88. The highest BCUT2D eigenvalue weighted by molar-refractivity contribution is 7.23. The molecule has 1 aromatic carbocycles. The molecule has 6 heteroatoms. The van der Waals surface area contributed by atoms with Crippen molar-refractivity contribution in [3.05, 3.63) is 47.7 Å². The van der Waals surface area contributed by atoms with Crippen LogP contribution in [-0.2, 0) is 0 Å². The summed E-state index contributed by atoms with van der Waals surface area (Å²) in [5.41, 5.74) is 3.03. The Morgan fingerprint density at radius 2 is 2.00 bits per heavy atom. The molecule has 0 atom stereocenters. The molecule has 0 spiro atoms. The van der Waals surface area contributed by atoms with Gasteiger partial charge in [-0.05, 0) is 31.0 Å². The highest BCUT2D eigenvalue weighted by atomic mass is 35.5. The monoisotopic (exact) mass is 368 g/mol. The normalized spacial score (nSPS) is 15.4. The molecule has 0 unspecified atom stereocenters. The van der Waals surface area contributed by atoms with Crippen molar-refractivity contribution in [2.24, 2.45) is 0 Å². The number of imidazole rings is 1. The van der Waals surface area contributed by atoms with E-state index in [2.05, 4.69) is 39.0 Å². The molecule has 0 amide bonds. The zero-order chi connectivity index (χ0) is 16.8. The minimum absolute atomic E-state index is 0.498. The minimum atomic E-state index is 0.498. The van der Waals surface area contributed by atoms with Crippen LogP contribution in [-0.4, -0.2) is 20.4 Å². The quantitative estimate of drug-likeness (QED) is 0.510. The Bertz CT molecular complexity index is 1060. The molecule has 4 nitrogen and oxygen atoms in total. The number of fused-ring (bicyclic) bond motifs is 3. The summed E-state index contributed by atoms with van der Waals surface area (Å²) >= 11 is 8.13. The maximum absolute atomic E-state index is 6.42. The second-order valence-corrected chi connectivity index (χ2v) is 7.89. The van der Waals surface area contributed by atoms with Crippen LogP contribution in [0.2, 0.25) is 5.02 Å². The van der Waals surface area contributed by atoms with Crippen LogP contribution >= 0.6 is 22.9 Å². The molecule has 1 saturated carbocycles. The van der Waals surface area contributed by atoms with Crippen LogP contribution in [0.4, 0.5) is 5.82 Å². The summed E-state index contributed by atoms with van der Waals surface area (Å²) in [7, 11) is 0. The highest BCUT2D eigenvalue weighted by Crippen LogP contribution is 2.39. The third-order valence-corrected chi connectivity index (χ3v) is 6.20. The first-order valence-corrected chi connectivity index (χ1v) is 9.77. The molecule has 1 aliphatic rings. The summed E-state index contributed by atoms with van der Waals surface area (Å²) in [6.45, 7) is 0. The summed E-state index contributed by atoms with van der Waals surface area (Å²) in [5.74, 6) is 1.05. The van der Waals surface area contributed by atoms with Gasteiger partial charge in [-0.1, -0.05) is 47.9 Å². The van der Waals surface area contributed by atoms with Gasteiger partial charge >= 0.3 is 0 Å². The smallest absolute Gasteiger partial charge is 0.197 e. The van der Waals surface area contributed by atoms with Crippen molar-refractivity contribution in [3.8, 4) is 11.3 Å². The Hall–Kier alpha value is -2.11. The molecular weight excluding hydrogens is 352 g/mol. The fourth-order valence-electron chi connectivity index (χ4n) is 3.67. The summed E-state index contributed by atoms with van der Waals surface area (Å²) in [5, 5.41) is 4.40. The van der Waals surface area contributed by atoms with Gasteiger partial charge in [-0.25, -0.2) is 4.98 Å². The predicted molar refractivity (Wildman–Crippen MR) is 105 cm³/mol. The molecule has 4 aromatic rings. The van der Waals surface area contributed by atoms with E-state index in [0.717, 1.165) is 22.0 Å². The molecule has 5 rings (SSSR count). The molecule has 3 aromatic heterocycles. The SMILES string of the molecule is Clc1cnccc1-c1nc2sc3ccccc3n2c1NC1CCCC1. The first-order chi connectivity index (χ1) is 12.3.